The van der Waals surface area contributed by atoms with E-state index in [1.165, 1.54) is 10.4 Å². The van der Waals surface area contributed by atoms with Crippen molar-refractivity contribution >= 4 is 17.3 Å². The minimum atomic E-state index is 0.0399. The highest BCUT2D eigenvalue weighted by molar-refractivity contribution is 7.10. The van der Waals surface area contributed by atoms with Gasteiger partial charge in [-0.25, -0.2) is 0 Å². The summed E-state index contributed by atoms with van der Waals surface area (Å²) >= 11 is 1.79. The van der Waals surface area contributed by atoms with Gasteiger partial charge in [-0.2, -0.15) is 0 Å². The lowest BCUT2D eigenvalue weighted by Gasteiger charge is -2.21. The summed E-state index contributed by atoms with van der Waals surface area (Å²) in [5.41, 5.74) is 2.19. The normalized spacial score (nSPS) is 12.5. The van der Waals surface area contributed by atoms with Crippen molar-refractivity contribution < 1.29 is 4.52 Å². The summed E-state index contributed by atoms with van der Waals surface area (Å²) in [6.07, 6.45) is 0.875. The Balaban J connectivity index is 1.93. The van der Waals surface area contributed by atoms with E-state index in [2.05, 4.69) is 54.1 Å². The molecule has 0 unspecified atom stereocenters. The SMILES string of the molecule is CCNC(=NCC(C)(C)c1cccs1)NCCc1c(C)noc1C. The lowest BCUT2D eigenvalue weighted by molar-refractivity contribution is 0.392. The van der Waals surface area contributed by atoms with Gasteiger partial charge in [-0.1, -0.05) is 25.1 Å². The number of aryl methyl sites for hydroxylation is 2. The highest BCUT2D eigenvalue weighted by Gasteiger charge is 2.21. The number of hydrogen-bond acceptors (Lipinski definition) is 4. The Morgan fingerprint density at radius 1 is 1.33 bits per heavy atom. The van der Waals surface area contributed by atoms with Crippen molar-refractivity contribution in [3.63, 3.8) is 0 Å². The number of aromatic nitrogens is 1. The largest absolute Gasteiger partial charge is 0.361 e. The molecule has 0 spiro atoms. The van der Waals surface area contributed by atoms with Crippen molar-refractivity contribution in [2.45, 2.75) is 46.5 Å². The van der Waals surface area contributed by atoms with Gasteiger partial charge in [0.2, 0.25) is 0 Å². The van der Waals surface area contributed by atoms with Crippen molar-refractivity contribution in [3.05, 3.63) is 39.4 Å². The molecule has 2 rings (SSSR count). The van der Waals surface area contributed by atoms with Crippen LogP contribution in [-0.2, 0) is 11.8 Å². The molecule has 132 valence electrons. The maximum Gasteiger partial charge on any atom is 0.191 e. The number of thiophene rings is 1. The van der Waals surface area contributed by atoms with E-state index < -0.39 is 0 Å². The number of aliphatic imine (C=N–C) groups is 1. The van der Waals surface area contributed by atoms with Crippen LogP contribution in [0.5, 0.6) is 0 Å². The molecule has 0 aliphatic heterocycles. The van der Waals surface area contributed by atoms with Gasteiger partial charge < -0.3 is 15.2 Å². The lowest BCUT2D eigenvalue weighted by atomic mass is 9.92. The van der Waals surface area contributed by atoms with E-state index >= 15 is 0 Å². The van der Waals surface area contributed by atoms with Crippen LogP contribution in [0.15, 0.2) is 27.0 Å². The van der Waals surface area contributed by atoms with Gasteiger partial charge in [0.1, 0.15) is 5.76 Å². The van der Waals surface area contributed by atoms with Gasteiger partial charge in [-0.3, -0.25) is 4.99 Å². The van der Waals surface area contributed by atoms with Crippen LogP contribution in [0.25, 0.3) is 0 Å². The van der Waals surface area contributed by atoms with Gasteiger partial charge in [0, 0.05) is 28.9 Å². The van der Waals surface area contributed by atoms with Gasteiger partial charge in [-0.05, 0) is 38.6 Å². The molecule has 0 saturated heterocycles. The summed E-state index contributed by atoms with van der Waals surface area (Å²) in [4.78, 5) is 6.13. The maximum atomic E-state index is 5.21. The van der Waals surface area contributed by atoms with E-state index in [1.807, 2.05) is 13.8 Å². The van der Waals surface area contributed by atoms with Crippen LogP contribution in [0.4, 0.5) is 0 Å². The van der Waals surface area contributed by atoms with Crippen molar-refractivity contribution in [1.29, 1.82) is 0 Å². The molecule has 0 radical (unpaired) electrons. The molecule has 0 aliphatic rings. The number of guanidine groups is 1. The zero-order valence-electron chi connectivity index (χ0n) is 15.3. The van der Waals surface area contributed by atoms with Crippen LogP contribution >= 0.6 is 11.3 Å². The molecule has 2 N–H and O–H groups in total. The molecule has 2 aromatic heterocycles. The molecular weight excluding hydrogens is 320 g/mol. The summed E-state index contributed by atoms with van der Waals surface area (Å²) in [5.74, 6) is 1.75. The molecule has 2 heterocycles. The van der Waals surface area contributed by atoms with Crippen LogP contribution < -0.4 is 10.6 Å². The molecule has 2 aromatic rings. The van der Waals surface area contributed by atoms with E-state index in [9.17, 15) is 0 Å². The lowest BCUT2D eigenvalue weighted by Crippen LogP contribution is -2.39. The van der Waals surface area contributed by atoms with Gasteiger partial charge in [0.25, 0.3) is 0 Å². The molecule has 0 aliphatic carbocycles. The van der Waals surface area contributed by atoms with Crippen molar-refractivity contribution in [3.8, 4) is 0 Å². The number of hydrogen-bond donors (Lipinski definition) is 2. The first-order chi connectivity index (χ1) is 11.4. The predicted octanol–water partition coefficient (Wildman–Crippen LogP) is 3.43. The van der Waals surface area contributed by atoms with Crippen LogP contribution in [0.2, 0.25) is 0 Å². The molecule has 0 bridgehead atoms. The Hall–Kier alpha value is -1.82. The Labute approximate surface area is 148 Å². The fourth-order valence-electron chi connectivity index (χ4n) is 2.52. The predicted molar refractivity (Wildman–Crippen MR) is 101 cm³/mol. The summed E-state index contributed by atoms with van der Waals surface area (Å²) in [6.45, 7) is 12.9. The Morgan fingerprint density at radius 2 is 2.12 bits per heavy atom. The average Bonchev–Trinajstić information content (AvgIpc) is 3.18. The molecule has 24 heavy (non-hydrogen) atoms. The van der Waals surface area contributed by atoms with E-state index in [0.29, 0.717) is 0 Å². The molecular formula is C18H28N4OS. The fourth-order valence-corrected chi connectivity index (χ4v) is 3.37. The van der Waals surface area contributed by atoms with Crippen molar-refractivity contribution in [2.24, 2.45) is 4.99 Å². The maximum absolute atomic E-state index is 5.21. The Bertz CT molecular complexity index is 639. The van der Waals surface area contributed by atoms with Gasteiger partial charge in [0.05, 0.1) is 12.2 Å². The zero-order chi connectivity index (χ0) is 17.6. The minimum Gasteiger partial charge on any atom is -0.361 e. The molecule has 0 saturated carbocycles. The third kappa shape index (κ3) is 4.84. The first-order valence-corrected chi connectivity index (χ1v) is 9.30. The third-order valence-electron chi connectivity index (χ3n) is 4.01. The van der Waals surface area contributed by atoms with Crippen LogP contribution in [0.3, 0.4) is 0 Å². The second-order valence-corrected chi connectivity index (χ2v) is 7.48. The third-order valence-corrected chi connectivity index (χ3v) is 5.25. The molecule has 0 amide bonds. The standard InChI is InChI=1S/C18H28N4OS/c1-6-19-17(20-10-9-15-13(2)22-23-14(15)3)21-12-18(4,5)16-8-7-11-24-16/h7-8,11H,6,9-10,12H2,1-5H3,(H2,19,20,21). The molecule has 5 nitrogen and oxygen atoms in total. The van der Waals surface area contributed by atoms with Gasteiger partial charge >= 0.3 is 0 Å². The zero-order valence-corrected chi connectivity index (χ0v) is 16.1. The van der Waals surface area contributed by atoms with E-state index in [0.717, 1.165) is 43.5 Å². The second-order valence-electron chi connectivity index (χ2n) is 6.54. The monoisotopic (exact) mass is 348 g/mol. The van der Waals surface area contributed by atoms with Gasteiger partial charge in [-0.15, -0.1) is 11.3 Å². The van der Waals surface area contributed by atoms with Crippen molar-refractivity contribution in [2.75, 3.05) is 19.6 Å². The number of rotatable bonds is 7. The topological polar surface area (TPSA) is 62.5 Å². The smallest absolute Gasteiger partial charge is 0.191 e. The quantitative estimate of drug-likeness (QED) is 0.594. The highest BCUT2D eigenvalue weighted by Crippen LogP contribution is 2.27. The summed E-state index contributed by atoms with van der Waals surface area (Å²) in [7, 11) is 0. The fraction of sp³-hybridized carbons (Fsp3) is 0.556. The molecule has 0 aromatic carbocycles. The van der Waals surface area contributed by atoms with Crippen LogP contribution in [0.1, 0.15) is 42.7 Å². The number of nitrogens with zero attached hydrogens (tertiary/aromatic N) is 2. The van der Waals surface area contributed by atoms with E-state index in [1.54, 1.807) is 11.3 Å². The summed E-state index contributed by atoms with van der Waals surface area (Å²) in [5, 5.41) is 12.8. The molecule has 0 fully saturated rings. The van der Waals surface area contributed by atoms with E-state index in [4.69, 9.17) is 9.52 Å². The first-order valence-electron chi connectivity index (χ1n) is 8.42. The van der Waals surface area contributed by atoms with E-state index in [-0.39, 0.29) is 5.41 Å². The molecule has 6 heteroatoms. The second kappa shape index (κ2) is 8.33. The average molecular weight is 349 g/mol. The van der Waals surface area contributed by atoms with Crippen LogP contribution in [-0.4, -0.2) is 30.8 Å². The first kappa shape index (κ1) is 18.5. The minimum absolute atomic E-state index is 0.0399. The summed E-state index contributed by atoms with van der Waals surface area (Å²) in [6, 6.07) is 4.27. The van der Waals surface area contributed by atoms with Gasteiger partial charge in [0.15, 0.2) is 5.96 Å². The molecule has 0 atom stereocenters. The summed E-state index contributed by atoms with van der Waals surface area (Å²) < 4.78 is 5.21. The Morgan fingerprint density at radius 3 is 2.71 bits per heavy atom. The van der Waals surface area contributed by atoms with Crippen LogP contribution in [0, 0.1) is 13.8 Å². The number of nitrogens with one attached hydrogen (secondary N) is 2. The highest BCUT2D eigenvalue weighted by atomic mass is 32.1. The van der Waals surface area contributed by atoms with Crippen molar-refractivity contribution in [1.82, 2.24) is 15.8 Å². The Kier molecular flexibility index (Phi) is 6.43.